The van der Waals surface area contributed by atoms with E-state index in [1.54, 1.807) is 7.11 Å². The fraction of sp³-hybridized carbons (Fsp3) is 0.222. The lowest BCUT2D eigenvalue weighted by Gasteiger charge is -2.27. The number of morpholine rings is 1. The van der Waals surface area contributed by atoms with E-state index in [-0.39, 0.29) is 0 Å². The summed E-state index contributed by atoms with van der Waals surface area (Å²) in [5, 5.41) is 3.34. The third-order valence-corrected chi connectivity index (χ3v) is 5.64. The highest BCUT2D eigenvalue weighted by Gasteiger charge is 2.17. The Bertz CT molecular complexity index is 1250. The number of para-hydroxylation sites is 2. The van der Waals surface area contributed by atoms with Crippen LogP contribution >= 0.6 is 0 Å². The van der Waals surface area contributed by atoms with Crippen molar-refractivity contribution in [3.63, 3.8) is 0 Å². The molecule has 0 saturated carbocycles. The van der Waals surface area contributed by atoms with Gasteiger partial charge < -0.3 is 24.4 Å². The molecular weight excluding hydrogens is 442 g/mol. The molecule has 1 N–H and O–H groups in total. The molecule has 0 radical (unpaired) electrons. The van der Waals surface area contributed by atoms with Gasteiger partial charge in [0, 0.05) is 30.8 Å². The topological polar surface area (TPSA) is 81.6 Å². The van der Waals surface area contributed by atoms with Crippen LogP contribution in [0.3, 0.4) is 0 Å². The molecule has 0 spiro atoms. The van der Waals surface area contributed by atoms with Crippen LogP contribution in [0.15, 0.2) is 78.9 Å². The highest BCUT2D eigenvalue weighted by Crippen LogP contribution is 2.26. The van der Waals surface area contributed by atoms with Gasteiger partial charge in [-0.15, -0.1) is 0 Å². The van der Waals surface area contributed by atoms with Crippen molar-refractivity contribution in [3.8, 4) is 28.6 Å². The largest absolute Gasteiger partial charge is 0.496 e. The molecule has 0 amide bonds. The van der Waals surface area contributed by atoms with Crippen molar-refractivity contribution in [1.82, 2.24) is 15.0 Å². The Balaban J connectivity index is 1.40. The van der Waals surface area contributed by atoms with E-state index in [1.807, 2.05) is 78.9 Å². The molecule has 0 unspecified atom stereocenters. The van der Waals surface area contributed by atoms with E-state index in [1.165, 1.54) is 0 Å². The van der Waals surface area contributed by atoms with Crippen molar-refractivity contribution in [3.05, 3.63) is 84.4 Å². The second-order valence-electron chi connectivity index (χ2n) is 7.99. The molecule has 5 rings (SSSR count). The Morgan fingerprint density at radius 2 is 1.54 bits per heavy atom. The lowest BCUT2D eigenvalue weighted by atomic mass is 10.2. The first-order valence-corrected chi connectivity index (χ1v) is 11.6. The van der Waals surface area contributed by atoms with Crippen LogP contribution in [0.4, 0.5) is 11.9 Å². The van der Waals surface area contributed by atoms with Crippen LogP contribution in [0.5, 0.6) is 17.2 Å². The van der Waals surface area contributed by atoms with Crippen LogP contribution in [0.2, 0.25) is 0 Å². The minimum atomic E-state index is 0.506. The Morgan fingerprint density at radius 1 is 0.829 bits per heavy atom. The van der Waals surface area contributed by atoms with Crippen molar-refractivity contribution in [2.75, 3.05) is 43.6 Å². The molecule has 8 nitrogen and oxygen atoms in total. The molecule has 2 heterocycles. The van der Waals surface area contributed by atoms with E-state index in [4.69, 9.17) is 29.2 Å². The molecule has 1 saturated heterocycles. The molecule has 8 heteroatoms. The van der Waals surface area contributed by atoms with Gasteiger partial charge in [0.25, 0.3) is 0 Å². The third kappa shape index (κ3) is 5.67. The summed E-state index contributed by atoms with van der Waals surface area (Å²) in [7, 11) is 1.67. The molecule has 178 valence electrons. The Kier molecular flexibility index (Phi) is 7.00. The fourth-order valence-corrected chi connectivity index (χ4v) is 3.80. The molecule has 35 heavy (non-hydrogen) atoms. The monoisotopic (exact) mass is 469 g/mol. The number of benzene rings is 3. The second kappa shape index (κ2) is 10.8. The third-order valence-electron chi connectivity index (χ3n) is 5.64. The predicted molar refractivity (Wildman–Crippen MR) is 135 cm³/mol. The predicted octanol–water partition coefficient (Wildman–Crippen LogP) is 4.79. The Hall–Kier alpha value is -4.17. The van der Waals surface area contributed by atoms with Gasteiger partial charge in [0.05, 0.1) is 20.3 Å². The number of methoxy groups -OCH3 is 1. The smallest absolute Gasteiger partial charge is 0.230 e. The van der Waals surface area contributed by atoms with Gasteiger partial charge >= 0.3 is 0 Å². The molecule has 1 aromatic heterocycles. The first-order valence-electron chi connectivity index (χ1n) is 11.6. The van der Waals surface area contributed by atoms with E-state index < -0.39 is 0 Å². The lowest BCUT2D eigenvalue weighted by molar-refractivity contribution is 0.122. The zero-order valence-corrected chi connectivity index (χ0v) is 19.6. The molecule has 4 aromatic rings. The normalized spacial score (nSPS) is 13.3. The van der Waals surface area contributed by atoms with Crippen LogP contribution in [0.25, 0.3) is 11.4 Å². The summed E-state index contributed by atoms with van der Waals surface area (Å²) in [6.45, 7) is 3.30. The maximum atomic E-state index is 5.92. The van der Waals surface area contributed by atoms with Gasteiger partial charge in [-0.1, -0.05) is 36.4 Å². The lowest BCUT2D eigenvalue weighted by Crippen LogP contribution is -2.37. The summed E-state index contributed by atoms with van der Waals surface area (Å²) in [4.78, 5) is 16.3. The highest BCUT2D eigenvalue weighted by molar-refractivity contribution is 5.60. The SMILES string of the molecule is COc1ccccc1CNc1nc(-c2ccc(Oc3ccccc3)cc2)nc(N2CCOCC2)n1. The van der Waals surface area contributed by atoms with Crippen molar-refractivity contribution in [2.45, 2.75) is 6.54 Å². The minimum absolute atomic E-state index is 0.506. The van der Waals surface area contributed by atoms with Gasteiger partial charge in [0.2, 0.25) is 11.9 Å². The van der Waals surface area contributed by atoms with E-state index in [9.17, 15) is 0 Å². The summed E-state index contributed by atoms with van der Waals surface area (Å²) in [6, 6.07) is 25.3. The van der Waals surface area contributed by atoms with Gasteiger partial charge in [0.1, 0.15) is 17.2 Å². The van der Waals surface area contributed by atoms with E-state index in [2.05, 4.69) is 10.2 Å². The molecule has 0 aliphatic carbocycles. The standard InChI is InChI=1S/C27H27N5O3/c1-33-24-10-6-5-7-21(24)19-28-26-29-25(30-27(31-26)32-15-17-34-18-16-32)20-11-13-23(14-12-20)35-22-8-3-2-4-9-22/h2-14H,15-19H2,1H3,(H,28,29,30,31). The van der Waals surface area contributed by atoms with Crippen LogP contribution in [0, 0.1) is 0 Å². The maximum absolute atomic E-state index is 5.92. The number of hydrogen-bond donors (Lipinski definition) is 1. The number of anilines is 2. The summed E-state index contributed by atoms with van der Waals surface area (Å²) >= 11 is 0. The number of nitrogens with one attached hydrogen (secondary N) is 1. The summed E-state index contributed by atoms with van der Waals surface area (Å²) < 4.78 is 16.9. The summed E-state index contributed by atoms with van der Waals surface area (Å²) in [6.07, 6.45) is 0. The van der Waals surface area contributed by atoms with Crippen molar-refractivity contribution < 1.29 is 14.2 Å². The first kappa shape index (κ1) is 22.6. The molecule has 1 fully saturated rings. The van der Waals surface area contributed by atoms with E-state index in [0.717, 1.165) is 41.5 Å². The maximum Gasteiger partial charge on any atom is 0.230 e. The zero-order chi connectivity index (χ0) is 23.9. The van der Waals surface area contributed by atoms with Crippen molar-refractivity contribution >= 4 is 11.9 Å². The average molecular weight is 470 g/mol. The Labute approximate surface area is 204 Å². The molecular formula is C27H27N5O3. The minimum Gasteiger partial charge on any atom is -0.496 e. The van der Waals surface area contributed by atoms with Crippen LogP contribution in [-0.2, 0) is 11.3 Å². The van der Waals surface area contributed by atoms with Crippen molar-refractivity contribution in [1.29, 1.82) is 0 Å². The van der Waals surface area contributed by atoms with Crippen LogP contribution in [0.1, 0.15) is 5.56 Å². The summed E-state index contributed by atoms with van der Waals surface area (Å²) in [5.74, 6) is 4.08. The highest BCUT2D eigenvalue weighted by atomic mass is 16.5. The molecule has 0 atom stereocenters. The number of ether oxygens (including phenoxy) is 3. The van der Waals surface area contributed by atoms with Crippen LogP contribution < -0.4 is 19.7 Å². The van der Waals surface area contributed by atoms with E-state index >= 15 is 0 Å². The second-order valence-corrected chi connectivity index (χ2v) is 7.99. The number of rotatable bonds is 8. The van der Waals surface area contributed by atoms with Crippen LogP contribution in [-0.4, -0.2) is 48.4 Å². The Morgan fingerprint density at radius 3 is 2.31 bits per heavy atom. The zero-order valence-electron chi connectivity index (χ0n) is 19.6. The average Bonchev–Trinajstić information content (AvgIpc) is 2.93. The number of aromatic nitrogens is 3. The number of nitrogens with zero attached hydrogens (tertiary/aromatic N) is 4. The van der Waals surface area contributed by atoms with Gasteiger partial charge in [-0.25, -0.2) is 0 Å². The molecule has 1 aliphatic rings. The fourth-order valence-electron chi connectivity index (χ4n) is 3.80. The number of hydrogen-bond acceptors (Lipinski definition) is 8. The van der Waals surface area contributed by atoms with Gasteiger partial charge in [-0.2, -0.15) is 15.0 Å². The first-order chi connectivity index (χ1) is 17.3. The van der Waals surface area contributed by atoms with Crippen molar-refractivity contribution in [2.24, 2.45) is 0 Å². The molecule has 0 bridgehead atoms. The molecule has 1 aliphatic heterocycles. The van der Waals surface area contributed by atoms with Gasteiger partial charge in [-0.3, -0.25) is 0 Å². The quantitative estimate of drug-likeness (QED) is 0.395. The molecule has 3 aromatic carbocycles. The summed E-state index contributed by atoms with van der Waals surface area (Å²) in [5.41, 5.74) is 1.90. The van der Waals surface area contributed by atoms with Gasteiger partial charge in [-0.05, 0) is 42.5 Å². The van der Waals surface area contributed by atoms with Gasteiger partial charge in [0.15, 0.2) is 5.82 Å². The van der Waals surface area contributed by atoms with E-state index in [0.29, 0.717) is 37.5 Å².